The second-order valence-electron chi connectivity index (χ2n) is 5.82. The van der Waals surface area contributed by atoms with Crippen molar-refractivity contribution in [3.63, 3.8) is 0 Å². The lowest BCUT2D eigenvalue weighted by Gasteiger charge is -2.10. The van der Waals surface area contributed by atoms with E-state index in [1.807, 2.05) is 54.6 Å². The third-order valence-corrected chi connectivity index (χ3v) is 4.84. The molecule has 0 spiro atoms. The summed E-state index contributed by atoms with van der Waals surface area (Å²) in [6, 6.07) is 20.9. The molecule has 0 unspecified atom stereocenters. The first-order valence-corrected chi connectivity index (χ1v) is 9.61. The fourth-order valence-corrected chi connectivity index (χ4v) is 3.31. The third kappa shape index (κ3) is 5.01. The summed E-state index contributed by atoms with van der Waals surface area (Å²) in [4.78, 5) is 24.3. The Morgan fingerprint density at radius 2 is 1.41 bits per heavy atom. The van der Waals surface area contributed by atoms with E-state index in [9.17, 15) is 9.59 Å². The molecule has 3 rings (SSSR count). The summed E-state index contributed by atoms with van der Waals surface area (Å²) in [6.07, 6.45) is 0. The molecule has 0 atom stereocenters. The van der Waals surface area contributed by atoms with Crippen LogP contribution in [0.3, 0.4) is 0 Å². The fourth-order valence-electron chi connectivity index (χ4n) is 2.69. The monoisotopic (exact) mass is 380 g/mol. The van der Waals surface area contributed by atoms with E-state index in [0.29, 0.717) is 11.4 Å². The van der Waals surface area contributed by atoms with Crippen LogP contribution in [0.4, 0.5) is 11.4 Å². The number of thioether (sulfide) groups is 1. The van der Waals surface area contributed by atoms with Crippen LogP contribution >= 0.6 is 11.8 Å². The molecule has 0 saturated carbocycles. The molecule has 6 heteroatoms. The number of hydrogen-bond acceptors (Lipinski definition) is 4. The standard InChI is InChI=1S/C21H20N2O3S/c1-26-19-12-5-4-10-18(19)23-21(25)14-27-13-20(24)22-17-11-6-8-15-7-2-3-9-16(15)17/h2-12H,13-14H2,1H3,(H,22,24)(H,23,25). The van der Waals surface area contributed by atoms with Crippen molar-refractivity contribution in [2.24, 2.45) is 0 Å². The molecule has 0 fully saturated rings. The van der Waals surface area contributed by atoms with E-state index >= 15 is 0 Å². The van der Waals surface area contributed by atoms with Gasteiger partial charge in [0, 0.05) is 11.1 Å². The van der Waals surface area contributed by atoms with Crippen molar-refractivity contribution in [2.75, 3.05) is 29.2 Å². The molecule has 0 aromatic heterocycles. The van der Waals surface area contributed by atoms with Crippen molar-refractivity contribution in [3.05, 3.63) is 66.7 Å². The van der Waals surface area contributed by atoms with Crippen LogP contribution in [0.25, 0.3) is 10.8 Å². The predicted octanol–water partition coefficient (Wildman–Crippen LogP) is 4.16. The van der Waals surface area contributed by atoms with E-state index in [2.05, 4.69) is 10.6 Å². The van der Waals surface area contributed by atoms with Gasteiger partial charge in [0.1, 0.15) is 5.75 Å². The Bertz CT molecular complexity index is 954. The number of carbonyl (C=O) groups excluding carboxylic acids is 2. The number of benzene rings is 3. The van der Waals surface area contributed by atoms with Gasteiger partial charge in [-0.15, -0.1) is 11.8 Å². The number of nitrogens with one attached hydrogen (secondary N) is 2. The van der Waals surface area contributed by atoms with Crippen LogP contribution in [-0.2, 0) is 9.59 Å². The number of methoxy groups -OCH3 is 1. The summed E-state index contributed by atoms with van der Waals surface area (Å²) >= 11 is 1.26. The molecular weight excluding hydrogens is 360 g/mol. The maximum absolute atomic E-state index is 12.2. The lowest BCUT2D eigenvalue weighted by molar-refractivity contribution is -0.114. The lowest BCUT2D eigenvalue weighted by Crippen LogP contribution is -2.18. The Balaban J connectivity index is 1.50. The van der Waals surface area contributed by atoms with Gasteiger partial charge in [-0.1, -0.05) is 48.5 Å². The number of hydrogen-bond donors (Lipinski definition) is 2. The molecule has 2 amide bonds. The summed E-state index contributed by atoms with van der Waals surface area (Å²) < 4.78 is 5.20. The Kier molecular flexibility index (Phi) is 6.33. The first kappa shape index (κ1) is 18.8. The third-order valence-electron chi connectivity index (χ3n) is 3.91. The zero-order chi connectivity index (χ0) is 19.1. The van der Waals surface area contributed by atoms with Crippen molar-refractivity contribution in [3.8, 4) is 5.75 Å². The smallest absolute Gasteiger partial charge is 0.234 e. The van der Waals surface area contributed by atoms with Crippen molar-refractivity contribution in [1.29, 1.82) is 0 Å². The summed E-state index contributed by atoms with van der Waals surface area (Å²) in [5.41, 5.74) is 1.39. The Hall–Kier alpha value is -2.99. The SMILES string of the molecule is COc1ccccc1NC(=O)CSCC(=O)Nc1cccc2ccccc12. The van der Waals surface area contributed by atoms with Gasteiger partial charge in [0.15, 0.2) is 0 Å². The van der Waals surface area contributed by atoms with Crippen LogP contribution in [-0.4, -0.2) is 30.4 Å². The first-order chi connectivity index (χ1) is 13.2. The Labute approximate surface area is 162 Å². The molecule has 0 aliphatic carbocycles. The topological polar surface area (TPSA) is 67.4 Å². The van der Waals surface area contributed by atoms with Crippen LogP contribution in [0, 0.1) is 0 Å². The number of amides is 2. The summed E-state index contributed by atoms with van der Waals surface area (Å²) in [7, 11) is 1.55. The normalized spacial score (nSPS) is 10.4. The molecule has 0 heterocycles. The largest absolute Gasteiger partial charge is 0.495 e. The molecule has 0 aliphatic rings. The number of rotatable bonds is 7. The molecule has 138 valence electrons. The highest BCUT2D eigenvalue weighted by atomic mass is 32.2. The van der Waals surface area contributed by atoms with Crippen LogP contribution in [0.1, 0.15) is 0 Å². The van der Waals surface area contributed by atoms with E-state index in [0.717, 1.165) is 16.5 Å². The van der Waals surface area contributed by atoms with Gasteiger partial charge < -0.3 is 15.4 Å². The van der Waals surface area contributed by atoms with Gasteiger partial charge in [0.05, 0.1) is 24.3 Å². The molecule has 0 saturated heterocycles. The Morgan fingerprint density at radius 3 is 2.19 bits per heavy atom. The number of ether oxygens (including phenoxy) is 1. The van der Waals surface area contributed by atoms with E-state index in [1.165, 1.54) is 11.8 Å². The zero-order valence-electron chi connectivity index (χ0n) is 14.9. The quantitative estimate of drug-likeness (QED) is 0.646. The molecule has 27 heavy (non-hydrogen) atoms. The number of carbonyl (C=O) groups is 2. The number of anilines is 2. The molecule has 3 aromatic rings. The maximum atomic E-state index is 12.2. The van der Waals surface area contributed by atoms with Gasteiger partial charge in [-0.25, -0.2) is 0 Å². The van der Waals surface area contributed by atoms with Crippen LogP contribution < -0.4 is 15.4 Å². The molecule has 3 aromatic carbocycles. The van der Waals surface area contributed by atoms with Crippen LogP contribution in [0.5, 0.6) is 5.75 Å². The fraction of sp³-hybridized carbons (Fsp3) is 0.143. The maximum Gasteiger partial charge on any atom is 0.234 e. The molecule has 0 radical (unpaired) electrons. The molecule has 2 N–H and O–H groups in total. The second-order valence-corrected chi connectivity index (χ2v) is 6.80. The minimum Gasteiger partial charge on any atom is -0.495 e. The van der Waals surface area contributed by atoms with Crippen molar-refractivity contribution < 1.29 is 14.3 Å². The van der Waals surface area contributed by atoms with Gasteiger partial charge in [-0.2, -0.15) is 0 Å². The van der Waals surface area contributed by atoms with Crippen molar-refractivity contribution >= 4 is 45.7 Å². The van der Waals surface area contributed by atoms with Crippen LogP contribution in [0.2, 0.25) is 0 Å². The lowest BCUT2D eigenvalue weighted by atomic mass is 10.1. The minimum absolute atomic E-state index is 0.138. The molecular formula is C21H20N2O3S. The van der Waals surface area contributed by atoms with Gasteiger partial charge in [0.2, 0.25) is 11.8 Å². The molecule has 0 aliphatic heterocycles. The van der Waals surface area contributed by atoms with Gasteiger partial charge in [0.25, 0.3) is 0 Å². The minimum atomic E-state index is -0.178. The highest BCUT2D eigenvalue weighted by molar-refractivity contribution is 8.00. The highest BCUT2D eigenvalue weighted by Crippen LogP contribution is 2.24. The van der Waals surface area contributed by atoms with E-state index in [1.54, 1.807) is 19.2 Å². The molecule has 0 bridgehead atoms. The van der Waals surface area contributed by atoms with Crippen molar-refractivity contribution in [1.82, 2.24) is 0 Å². The summed E-state index contributed by atoms with van der Waals surface area (Å²) in [6.45, 7) is 0. The van der Waals surface area contributed by atoms with Gasteiger partial charge >= 0.3 is 0 Å². The average Bonchev–Trinajstić information content (AvgIpc) is 2.68. The van der Waals surface area contributed by atoms with Crippen molar-refractivity contribution in [2.45, 2.75) is 0 Å². The second kappa shape index (κ2) is 9.09. The number of fused-ring (bicyclic) bond motifs is 1. The highest BCUT2D eigenvalue weighted by Gasteiger charge is 2.10. The van der Waals surface area contributed by atoms with E-state index < -0.39 is 0 Å². The first-order valence-electron chi connectivity index (χ1n) is 8.45. The van der Waals surface area contributed by atoms with E-state index in [4.69, 9.17) is 4.74 Å². The predicted molar refractivity (Wildman–Crippen MR) is 112 cm³/mol. The summed E-state index contributed by atoms with van der Waals surface area (Å²) in [5, 5.41) is 7.77. The van der Waals surface area contributed by atoms with E-state index in [-0.39, 0.29) is 23.3 Å². The zero-order valence-corrected chi connectivity index (χ0v) is 15.7. The average molecular weight is 380 g/mol. The van der Waals surface area contributed by atoms with Gasteiger partial charge in [-0.05, 0) is 23.6 Å². The van der Waals surface area contributed by atoms with Gasteiger partial charge in [-0.3, -0.25) is 9.59 Å². The van der Waals surface area contributed by atoms with Crippen LogP contribution in [0.15, 0.2) is 66.7 Å². The summed E-state index contributed by atoms with van der Waals surface area (Å²) in [5.74, 6) is 0.664. The Morgan fingerprint density at radius 1 is 0.815 bits per heavy atom. The number of para-hydroxylation sites is 2. The molecule has 5 nitrogen and oxygen atoms in total.